The molecule has 0 saturated carbocycles. The van der Waals surface area contributed by atoms with Crippen molar-refractivity contribution < 1.29 is 9.53 Å². The minimum absolute atomic E-state index is 0.0502. The third kappa shape index (κ3) is 2.28. The molecule has 2 aromatic carbocycles. The van der Waals surface area contributed by atoms with Crippen molar-refractivity contribution in [3.63, 3.8) is 0 Å². The highest BCUT2D eigenvalue weighted by Gasteiger charge is 2.46. The topological polar surface area (TPSA) is 55.6 Å². The second-order valence-electron chi connectivity index (χ2n) is 5.29. The Morgan fingerprint density at radius 3 is 2.24 bits per heavy atom. The van der Waals surface area contributed by atoms with E-state index in [1.54, 1.807) is 12.0 Å². The molecule has 0 aliphatic carbocycles. The Hall–Kier alpha value is -2.33. The third-order valence-corrected chi connectivity index (χ3v) is 3.91. The number of amides is 1. The van der Waals surface area contributed by atoms with E-state index in [0.29, 0.717) is 0 Å². The Balaban J connectivity index is 1.92. The van der Waals surface area contributed by atoms with Crippen LogP contribution in [0, 0.1) is 6.92 Å². The van der Waals surface area contributed by atoms with E-state index in [2.05, 4.69) is 0 Å². The van der Waals surface area contributed by atoms with Crippen LogP contribution in [-0.4, -0.2) is 19.1 Å². The zero-order chi connectivity index (χ0) is 15.0. The number of rotatable bonds is 3. The smallest absolute Gasteiger partial charge is 0.247 e. The fourth-order valence-electron chi connectivity index (χ4n) is 2.66. The van der Waals surface area contributed by atoms with Crippen LogP contribution in [0.1, 0.15) is 17.2 Å². The predicted octanol–water partition coefficient (Wildman–Crippen LogP) is 2.42. The first-order valence-electron chi connectivity index (χ1n) is 6.91. The summed E-state index contributed by atoms with van der Waals surface area (Å²) in [5.41, 5.74) is 9.09. The first-order valence-corrected chi connectivity index (χ1v) is 6.91. The van der Waals surface area contributed by atoms with Crippen LogP contribution in [0.2, 0.25) is 0 Å². The highest BCUT2D eigenvalue weighted by atomic mass is 16.5. The van der Waals surface area contributed by atoms with Crippen LogP contribution in [0.15, 0.2) is 48.5 Å². The average Bonchev–Trinajstić information content (AvgIpc) is 2.53. The minimum Gasteiger partial charge on any atom is -0.497 e. The highest BCUT2D eigenvalue weighted by Crippen LogP contribution is 2.38. The fourth-order valence-corrected chi connectivity index (χ4v) is 2.66. The second-order valence-corrected chi connectivity index (χ2v) is 5.29. The van der Waals surface area contributed by atoms with Gasteiger partial charge in [-0.1, -0.05) is 29.8 Å². The third-order valence-electron chi connectivity index (χ3n) is 3.91. The van der Waals surface area contributed by atoms with E-state index < -0.39 is 6.04 Å². The van der Waals surface area contributed by atoms with E-state index in [9.17, 15) is 4.79 Å². The maximum absolute atomic E-state index is 12.1. The quantitative estimate of drug-likeness (QED) is 0.880. The minimum atomic E-state index is -0.477. The van der Waals surface area contributed by atoms with Gasteiger partial charge in [0.05, 0.1) is 13.2 Å². The normalized spacial score (nSPS) is 21.1. The predicted molar refractivity (Wildman–Crippen MR) is 82.4 cm³/mol. The van der Waals surface area contributed by atoms with Gasteiger partial charge in [-0.05, 0) is 36.8 Å². The van der Waals surface area contributed by atoms with Crippen LogP contribution in [0.4, 0.5) is 5.69 Å². The number of hydrogen-bond acceptors (Lipinski definition) is 3. The summed E-state index contributed by atoms with van der Waals surface area (Å²) in [6.45, 7) is 2.04. The van der Waals surface area contributed by atoms with E-state index in [-0.39, 0.29) is 11.9 Å². The Morgan fingerprint density at radius 2 is 1.67 bits per heavy atom. The summed E-state index contributed by atoms with van der Waals surface area (Å²) in [5.74, 6) is 0.716. The van der Waals surface area contributed by atoms with Gasteiger partial charge in [0.15, 0.2) is 0 Å². The van der Waals surface area contributed by atoms with Crippen LogP contribution in [0.5, 0.6) is 5.75 Å². The van der Waals surface area contributed by atoms with Gasteiger partial charge in [-0.2, -0.15) is 0 Å². The van der Waals surface area contributed by atoms with E-state index in [0.717, 1.165) is 17.0 Å². The van der Waals surface area contributed by atoms with Crippen molar-refractivity contribution in [2.75, 3.05) is 12.0 Å². The second kappa shape index (κ2) is 5.22. The van der Waals surface area contributed by atoms with Crippen LogP contribution in [0.25, 0.3) is 0 Å². The molecule has 2 atom stereocenters. The van der Waals surface area contributed by atoms with E-state index in [4.69, 9.17) is 10.5 Å². The monoisotopic (exact) mass is 282 g/mol. The number of ether oxygens (including phenoxy) is 1. The zero-order valence-electron chi connectivity index (χ0n) is 12.1. The van der Waals surface area contributed by atoms with Crippen molar-refractivity contribution in [3.05, 3.63) is 59.7 Å². The largest absolute Gasteiger partial charge is 0.497 e. The summed E-state index contributed by atoms with van der Waals surface area (Å²) in [6, 6.07) is 15.0. The number of methoxy groups -OCH3 is 1. The van der Waals surface area contributed by atoms with Gasteiger partial charge in [-0.15, -0.1) is 0 Å². The van der Waals surface area contributed by atoms with Crippen molar-refractivity contribution in [2.24, 2.45) is 5.73 Å². The fraction of sp³-hybridized carbons (Fsp3) is 0.235. The molecule has 1 fully saturated rings. The first kappa shape index (κ1) is 13.6. The molecule has 4 nitrogen and oxygen atoms in total. The van der Waals surface area contributed by atoms with Gasteiger partial charge in [0, 0.05) is 5.69 Å². The molecule has 3 rings (SSSR count). The zero-order valence-corrected chi connectivity index (χ0v) is 12.1. The van der Waals surface area contributed by atoms with Crippen molar-refractivity contribution in [2.45, 2.75) is 19.0 Å². The Bertz CT molecular complexity index is 649. The number of anilines is 1. The Labute approximate surface area is 124 Å². The molecule has 0 bridgehead atoms. The molecule has 2 N–H and O–H groups in total. The molecule has 2 aromatic rings. The van der Waals surface area contributed by atoms with Crippen LogP contribution in [0.3, 0.4) is 0 Å². The van der Waals surface area contributed by atoms with Gasteiger partial charge in [-0.3, -0.25) is 4.79 Å². The number of aryl methyl sites for hydroxylation is 1. The lowest BCUT2D eigenvalue weighted by atomic mass is 9.88. The summed E-state index contributed by atoms with van der Waals surface area (Å²) in [5, 5.41) is 0. The first-order chi connectivity index (χ1) is 10.1. The van der Waals surface area contributed by atoms with Crippen molar-refractivity contribution in [1.29, 1.82) is 0 Å². The van der Waals surface area contributed by atoms with Gasteiger partial charge < -0.3 is 15.4 Å². The van der Waals surface area contributed by atoms with E-state index in [1.165, 1.54) is 5.56 Å². The SMILES string of the molecule is COc1ccc(N2C(=O)[C@H](N)[C@H]2c2ccc(C)cc2)cc1. The van der Waals surface area contributed by atoms with Gasteiger partial charge in [0.1, 0.15) is 11.8 Å². The van der Waals surface area contributed by atoms with Gasteiger partial charge >= 0.3 is 0 Å². The van der Waals surface area contributed by atoms with Crippen molar-refractivity contribution in [3.8, 4) is 5.75 Å². The van der Waals surface area contributed by atoms with Gasteiger partial charge in [0.2, 0.25) is 5.91 Å². The molecule has 0 aromatic heterocycles. The van der Waals surface area contributed by atoms with Crippen LogP contribution >= 0.6 is 0 Å². The lowest BCUT2D eigenvalue weighted by molar-refractivity contribution is -0.126. The summed E-state index contributed by atoms with van der Waals surface area (Å²) < 4.78 is 5.15. The lowest BCUT2D eigenvalue weighted by Crippen LogP contribution is -2.63. The molecule has 0 radical (unpaired) electrons. The molecule has 108 valence electrons. The number of hydrogen-bond donors (Lipinski definition) is 1. The number of carbonyl (C=O) groups is 1. The van der Waals surface area contributed by atoms with Crippen molar-refractivity contribution in [1.82, 2.24) is 0 Å². The standard InChI is InChI=1S/C17H18N2O2/c1-11-3-5-12(6-4-11)16-15(18)17(20)19(16)13-7-9-14(21-2)10-8-13/h3-10,15-16H,18H2,1-2H3/t15-,16-/m1/s1. The number of carbonyl (C=O) groups excluding carboxylic acids is 1. The Kier molecular flexibility index (Phi) is 3.39. The average molecular weight is 282 g/mol. The van der Waals surface area contributed by atoms with E-state index >= 15 is 0 Å². The summed E-state index contributed by atoms with van der Waals surface area (Å²) >= 11 is 0. The molecular weight excluding hydrogens is 264 g/mol. The van der Waals surface area contributed by atoms with Gasteiger partial charge in [-0.25, -0.2) is 0 Å². The Morgan fingerprint density at radius 1 is 1.05 bits per heavy atom. The molecule has 21 heavy (non-hydrogen) atoms. The van der Waals surface area contributed by atoms with E-state index in [1.807, 2.05) is 55.5 Å². The molecule has 1 heterocycles. The number of nitrogens with two attached hydrogens (primary N) is 1. The summed E-state index contributed by atoms with van der Waals surface area (Å²) in [6.07, 6.45) is 0. The maximum Gasteiger partial charge on any atom is 0.247 e. The highest BCUT2D eigenvalue weighted by molar-refractivity contribution is 6.05. The van der Waals surface area contributed by atoms with Crippen LogP contribution < -0.4 is 15.4 Å². The molecule has 0 spiro atoms. The number of benzene rings is 2. The summed E-state index contributed by atoms with van der Waals surface area (Å²) in [7, 11) is 1.62. The molecule has 1 saturated heterocycles. The molecule has 4 heteroatoms. The molecule has 1 aliphatic heterocycles. The number of β-lactam (4-membered cyclic amide) rings is 1. The van der Waals surface area contributed by atoms with Gasteiger partial charge in [0.25, 0.3) is 0 Å². The maximum atomic E-state index is 12.1. The molecular formula is C17H18N2O2. The summed E-state index contributed by atoms with van der Waals surface area (Å²) in [4.78, 5) is 13.9. The molecule has 0 unspecified atom stereocenters. The molecule has 1 aliphatic rings. The van der Waals surface area contributed by atoms with Crippen LogP contribution in [-0.2, 0) is 4.79 Å². The van der Waals surface area contributed by atoms with Crippen molar-refractivity contribution >= 4 is 11.6 Å². The number of nitrogens with zero attached hydrogens (tertiary/aromatic N) is 1. The molecule has 1 amide bonds. The lowest BCUT2D eigenvalue weighted by Gasteiger charge is -2.45.